The number of aliphatic hydroxyl groups is 1. The largest absolute Gasteiger partial charge is 0.472 e. The molecule has 0 spiro atoms. The van der Waals surface area contributed by atoms with Gasteiger partial charge in [-0.25, -0.2) is 9.13 Å². The second kappa shape index (κ2) is 68.8. The number of rotatable bonds is 76. The van der Waals surface area contributed by atoms with Crippen LogP contribution in [0.25, 0.3) is 0 Å². The first kappa shape index (κ1) is 94.1. The van der Waals surface area contributed by atoms with Crippen LogP contribution in [0.15, 0.2) is 0 Å². The molecule has 0 aromatic heterocycles. The molecule has 0 rings (SSSR count). The summed E-state index contributed by atoms with van der Waals surface area (Å²) in [7, 11) is -9.91. The zero-order chi connectivity index (χ0) is 70.7. The molecule has 0 fully saturated rings. The monoisotopic (exact) mass is 1410 g/mol. The van der Waals surface area contributed by atoms with Crippen molar-refractivity contribution in [1.29, 1.82) is 0 Å². The van der Waals surface area contributed by atoms with E-state index in [1.165, 1.54) is 218 Å². The van der Waals surface area contributed by atoms with Crippen LogP contribution in [-0.2, 0) is 65.4 Å². The van der Waals surface area contributed by atoms with Crippen molar-refractivity contribution in [2.24, 2.45) is 11.8 Å². The number of unbranched alkanes of at least 4 members (excludes halogenated alkanes) is 45. The maximum absolute atomic E-state index is 13.1. The summed E-state index contributed by atoms with van der Waals surface area (Å²) in [6.07, 6.45) is 56.8. The molecule has 570 valence electrons. The molecule has 0 saturated carbocycles. The lowest BCUT2D eigenvalue weighted by atomic mass is 9.99. The van der Waals surface area contributed by atoms with E-state index in [1.54, 1.807) is 0 Å². The smallest absolute Gasteiger partial charge is 0.462 e. The average molecular weight is 1410 g/mol. The molecule has 6 atom stereocenters. The van der Waals surface area contributed by atoms with Gasteiger partial charge in [0.1, 0.15) is 19.3 Å². The Labute approximate surface area is 588 Å². The van der Waals surface area contributed by atoms with Gasteiger partial charge in [0.15, 0.2) is 12.2 Å². The normalized spacial score (nSPS) is 14.3. The van der Waals surface area contributed by atoms with Gasteiger partial charge in [0, 0.05) is 25.7 Å². The van der Waals surface area contributed by atoms with Crippen LogP contribution in [0.5, 0.6) is 0 Å². The number of ether oxygens (including phenoxy) is 4. The summed E-state index contributed by atoms with van der Waals surface area (Å²) < 4.78 is 68.5. The van der Waals surface area contributed by atoms with E-state index in [2.05, 4.69) is 41.5 Å². The topological polar surface area (TPSA) is 237 Å². The molecule has 17 nitrogen and oxygen atoms in total. The summed E-state index contributed by atoms with van der Waals surface area (Å²) >= 11 is 0. The fourth-order valence-corrected chi connectivity index (χ4v) is 13.4. The highest BCUT2D eigenvalue weighted by molar-refractivity contribution is 7.47. The number of phosphoric ester groups is 2. The van der Waals surface area contributed by atoms with Gasteiger partial charge in [-0.1, -0.05) is 350 Å². The molecule has 3 unspecified atom stereocenters. The maximum Gasteiger partial charge on any atom is 0.472 e. The zero-order valence-corrected chi connectivity index (χ0v) is 64.5. The molecule has 0 aliphatic heterocycles. The third-order valence-electron chi connectivity index (χ3n) is 18.3. The Balaban J connectivity index is 5.23. The van der Waals surface area contributed by atoms with Crippen molar-refractivity contribution in [2.45, 2.75) is 419 Å². The van der Waals surface area contributed by atoms with E-state index in [1.807, 2.05) is 0 Å². The van der Waals surface area contributed by atoms with E-state index in [0.29, 0.717) is 25.7 Å². The summed E-state index contributed by atoms with van der Waals surface area (Å²) in [4.78, 5) is 72.8. The van der Waals surface area contributed by atoms with Crippen molar-refractivity contribution in [3.63, 3.8) is 0 Å². The van der Waals surface area contributed by atoms with Crippen LogP contribution in [0, 0.1) is 11.8 Å². The van der Waals surface area contributed by atoms with Crippen LogP contribution in [0.3, 0.4) is 0 Å². The third-order valence-corrected chi connectivity index (χ3v) is 20.2. The van der Waals surface area contributed by atoms with Crippen LogP contribution in [0.4, 0.5) is 0 Å². The van der Waals surface area contributed by atoms with Crippen molar-refractivity contribution < 1.29 is 80.2 Å². The highest BCUT2D eigenvalue weighted by Gasteiger charge is 2.30. The highest BCUT2D eigenvalue weighted by atomic mass is 31.2. The Bertz CT molecular complexity index is 1860. The van der Waals surface area contributed by atoms with Gasteiger partial charge in [-0.15, -0.1) is 0 Å². The van der Waals surface area contributed by atoms with Crippen LogP contribution < -0.4 is 0 Å². The lowest BCUT2D eigenvalue weighted by Crippen LogP contribution is -2.30. The summed E-state index contributed by atoms with van der Waals surface area (Å²) in [5.41, 5.74) is 0. The fourth-order valence-electron chi connectivity index (χ4n) is 11.8. The van der Waals surface area contributed by atoms with E-state index in [-0.39, 0.29) is 25.7 Å². The van der Waals surface area contributed by atoms with Crippen LogP contribution in [-0.4, -0.2) is 96.7 Å². The molecule has 96 heavy (non-hydrogen) atoms. The van der Waals surface area contributed by atoms with E-state index in [9.17, 15) is 43.2 Å². The Hall–Kier alpha value is -1.94. The lowest BCUT2D eigenvalue weighted by molar-refractivity contribution is -0.161. The molecular weight excluding hydrogens is 1260 g/mol. The Morgan fingerprint density at radius 3 is 0.792 bits per heavy atom. The Kier molecular flexibility index (Phi) is 67.4. The SMILES string of the molecule is CCCCCCCCCCCCCCCCCCCCC(=O)O[C@H](COC(=O)CCCCCCCCCCCCCCCCC(C)C)COP(=O)(O)OC[C@@H](O)COP(=O)(O)OC[C@@H](COC(=O)CCCCCCCCCCC)OC(=O)CCCCCCCCCCC(C)CC. The molecule has 0 saturated heterocycles. The van der Waals surface area contributed by atoms with Crippen molar-refractivity contribution in [3.05, 3.63) is 0 Å². The molecule has 0 bridgehead atoms. The van der Waals surface area contributed by atoms with Gasteiger partial charge in [0.05, 0.1) is 26.4 Å². The lowest BCUT2D eigenvalue weighted by Gasteiger charge is -2.21. The maximum atomic E-state index is 13.1. The van der Waals surface area contributed by atoms with E-state index < -0.39 is 97.5 Å². The molecule has 0 aliphatic rings. The summed E-state index contributed by atoms with van der Waals surface area (Å²) in [5, 5.41) is 10.6. The van der Waals surface area contributed by atoms with Gasteiger partial charge in [-0.05, 0) is 37.5 Å². The number of carbonyl (C=O) groups excluding carboxylic acids is 4. The Morgan fingerprint density at radius 1 is 0.302 bits per heavy atom. The molecule has 0 aromatic carbocycles. The van der Waals surface area contributed by atoms with E-state index in [4.69, 9.17) is 37.0 Å². The predicted molar refractivity (Wildman–Crippen MR) is 391 cm³/mol. The second-order valence-corrected chi connectivity index (χ2v) is 31.4. The Morgan fingerprint density at radius 2 is 0.531 bits per heavy atom. The first-order valence-corrected chi connectivity index (χ1v) is 43.0. The van der Waals surface area contributed by atoms with Crippen molar-refractivity contribution >= 4 is 39.5 Å². The standard InChI is InChI=1S/C77H150O17P2/c1-7-10-12-14-16-18-19-20-21-22-23-24-29-32-36-43-49-55-61-76(81)93-72(66-88-75(80)60-54-48-42-35-31-28-26-25-27-30-34-39-45-51-57-69(4)5)67-91-95(83,84)89-63-71(78)64-90-96(85,86)92-68-73(65-87-74(79)59-53-47-41-33-17-15-13-11-8-2)94-77(82)62-56-50-44-38-37-40-46-52-58-70(6)9-3/h69-73,78H,7-68H2,1-6H3,(H,83,84)(H,85,86)/t70?,71-,72-,73-/m1/s1. The first-order valence-electron chi connectivity index (χ1n) is 40.0. The van der Waals surface area contributed by atoms with E-state index in [0.717, 1.165) is 102 Å². The predicted octanol–water partition coefficient (Wildman–Crippen LogP) is 22.7. The summed E-state index contributed by atoms with van der Waals surface area (Å²) in [6, 6.07) is 0. The molecule has 0 aromatic rings. The van der Waals surface area contributed by atoms with Gasteiger partial charge in [-0.2, -0.15) is 0 Å². The highest BCUT2D eigenvalue weighted by Crippen LogP contribution is 2.45. The molecule has 0 heterocycles. The number of esters is 4. The zero-order valence-electron chi connectivity index (χ0n) is 62.7. The number of hydrogen-bond donors (Lipinski definition) is 3. The van der Waals surface area contributed by atoms with Gasteiger partial charge >= 0.3 is 39.5 Å². The molecule has 0 amide bonds. The van der Waals surface area contributed by atoms with Crippen LogP contribution >= 0.6 is 15.6 Å². The number of phosphoric acid groups is 2. The van der Waals surface area contributed by atoms with Gasteiger partial charge < -0.3 is 33.8 Å². The summed E-state index contributed by atoms with van der Waals surface area (Å²) in [6.45, 7) is 9.61. The van der Waals surface area contributed by atoms with Crippen LogP contribution in [0.2, 0.25) is 0 Å². The van der Waals surface area contributed by atoms with Crippen molar-refractivity contribution in [2.75, 3.05) is 39.6 Å². The average Bonchev–Trinajstić information content (AvgIpc) is 2.60. The molecule has 19 heteroatoms. The second-order valence-electron chi connectivity index (χ2n) is 28.5. The number of hydrogen-bond acceptors (Lipinski definition) is 15. The summed E-state index contributed by atoms with van der Waals surface area (Å²) in [5.74, 6) is -0.547. The minimum Gasteiger partial charge on any atom is -0.462 e. The van der Waals surface area contributed by atoms with Crippen molar-refractivity contribution in [1.82, 2.24) is 0 Å². The fraction of sp³-hybridized carbons (Fsp3) is 0.948. The van der Waals surface area contributed by atoms with E-state index >= 15 is 0 Å². The van der Waals surface area contributed by atoms with Gasteiger partial charge in [-0.3, -0.25) is 37.3 Å². The quantitative estimate of drug-likeness (QED) is 0.0222. The third kappa shape index (κ3) is 69.2. The molecule has 0 aliphatic carbocycles. The molecule has 0 radical (unpaired) electrons. The molecule has 3 N–H and O–H groups in total. The minimum absolute atomic E-state index is 0.105. The van der Waals surface area contributed by atoms with Gasteiger partial charge in [0.2, 0.25) is 0 Å². The first-order chi connectivity index (χ1) is 46.4. The number of carbonyl (C=O) groups is 4. The van der Waals surface area contributed by atoms with Crippen molar-refractivity contribution in [3.8, 4) is 0 Å². The number of aliphatic hydroxyl groups excluding tert-OH is 1. The minimum atomic E-state index is -4.96. The molecular formula is C77H150O17P2. The van der Waals surface area contributed by atoms with Gasteiger partial charge in [0.25, 0.3) is 0 Å². The van der Waals surface area contributed by atoms with Crippen LogP contribution in [0.1, 0.15) is 401 Å².